The fourth-order valence-corrected chi connectivity index (χ4v) is 10.9. The van der Waals surface area contributed by atoms with Crippen molar-refractivity contribution in [3.63, 3.8) is 0 Å². The summed E-state index contributed by atoms with van der Waals surface area (Å²) in [5.74, 6) is 0.568. The van der Waals surface area contributed by atoms with Gasteiger partial charge in [0.05, 0.1) is 6.04 Å². The van der Waals surface area contributed by atoms with E-state index in [1.54, 1.807) is 0 Å². The van der Waals surface area contributed by atoms with Gasteiger partial charge in [-0.15, -0.1) is 0 Å². The highest BCUT2D eigenvalue weighted by atomic mass is 15.2. The summed E-state index contributed by atoms with van der Waals surface area (Å²) in [7, 11) is 0. The van der Waals surface area contributed by atoms with Crippen LogP contribution in [0.3, 0.4) is 0 Å². The normalized spacial score (nSPS) is 26.1. The first-order valence-electron chi connectivity index (χ1n) is 22.7. The molecule has 6 aliphatic carbocycles. The molecule has 306 valence electrons. The molecule has 2 nitrogen and oxygen atoms in total. The molecular weight excluding hydrogens is 725 g/mol. The van der Waals surface area contributed by atoms with Gasteiger partial charge in [-0.25, -0.2) is 0 Å². The van der Waals surface area contributed by atoms with E-state index in [1.807, 2.05) is 0 Å². The molecule has 4 atom stereocenters. The van der Waals surface area contributed by atoms with Crippen molar-refractivity contribution in [2.75, 3.05) is 9.80 Å². The third-order valence-electron chi connectivity index (χ3n) is 14.9. The van der Waals surface area contributed by atoms with Gasteiger partial charge in [0, 0.05) is 39.3 Å². The summed E-state index contributed by atoms with van der Waals surface area (Å²) in [6.07, 6.45) is 34.8. The Morgan fingerprint density at radius 3 is 1.85 bits per heavy atom. The third kappa shape index (κ3) is 7.00. The van der Waals surface area contributed by atoms with Crippen LogP contribution in [-0.4, -0.2) is 6.04 Å². The molecular formula is C58H64N2. The van der Waals surface area contributed by atoms with Gasteiger partial charge in [0.1, 0.15) is 0 Å². The first-order chi connectivity index (χ1) is 28.9. The monoisotopic (exact) mass is 789 g/mol. The van der Waals surface area contributed by atoms with Gasteiger partial charge in [-0.3, -0.25) is 0 Å². The van der Waals surface area contributed by atoms with Gasteiger partial charge < -0.3 is 9.80 Å². The molecule has 0 fully saturated rings. The summed E-state index contributed by atoms with van der Waals surface area (Å²) in [5.41, 5.74) is 21.5. The van der Waals surface area contributed by atoms with Gasteiger partial charge in [-0.05, 0) is 168 Å². The lowest BCUT2D eigenvalue weighted by molar-refractivity contribution is 0.351. The molecule has 0 radical (unpaired) electrons. The van der Waals surface area contributed by atoms with Crippen molar-refractivity contribution in [2.45, 2.75) is 124 Å². The Morgan fingerprint density at radius 1 is 0.583 bits per heavy atom. The number of nitrogens with zero attached hydrogens (tertiary/aromatic N) is 2. The van der Waals surface area contributed by atoms with E-state index in [4.69, 9.17) is 0 Å². The minimum Gasteiger partial charge on any atom is -0.338 e. The number of rotatable bonds is 8. The van der Waals surface area contributed by atoms with Crippen molar-refractivity contribution in [1.29, 1.82) is 0 Å². The molecule has 0 saturated heterocycles. The molecule has 0 N–H and O–H groups in total. The summed E-state index contributed by atoms with van der Waals surface area (Å²) >= 11 is 0. The van der Waals surface area contributed by atoms with Crippen LogP contribution in [-0.2, 0) is 10.8 Å². The zero-order valence-corrected chi connectivity index (χ0v) is 37.4. The zero-order chi connectivity index (χ0) is 41.8. The molecule has 9 rings (SSSR count). The molecule has 0 saturated carbocycles. The van der Waals surface area contributed by atoms with Gasteiger partial charge in [0.25, 0.3) is 0 Å². The van der Waals surface area contributed by atoms with Gasteiger partial charge in [0.2, 0.25) is 0 Å². The van der Waals surface area contributed by atoms with Crippen LogP contribution < -0.4 is 9.80 Å². The second-order valence-electron chi connectivity index (χ2n) is 19.1. The molecule has 0 aliphatic heterocycles. The Balaban J connectivity index is 1.19. The van der Waals surface area contributed by atoms with Crippen molar-refractivity contribution < 1.29 is 0 Å². The fourth-order valence-electron chi connectivity index (χ4n) is 10.9. The van der Waals surface area contributed by atoms with Gasteiger partial charge in [-0.1, -0.05) is 140 Å². The van der Waals surface area contributed by atoms with Crippen LogP contribution >= 0.6 is 0 Å². The predicted molar refractivity (Wildman–Crippen MR) is 257 cm³/mol. The van der Waals surface area contributed by atoms with Crippen LogP contribution in [0.15, 0.2) is 179 Å². The van der Waals surface area contributed by atoms with Crippen LogP contribution in [0.1, 0.15) is 128 Å². The highest BCUT2D eigenvalue weighted by Crippen LogP contribution is 2.61. The van der Waals surface area contributed by atoms with Crippen molar-refractivity contribution in [3.8, 4) is 0 Å². The lowest BCUT2D eigenvalue weighted by Gasteiger charge is -2.54. The van der Waals surface area contributed by atoms with Crippen LogP contribution in [0, 0.1) is 12.8 Å². The number of allylic oxidation sites excluding steroid dienone is 17. The van der Waals surface area contributed by atoms with E-state index in [0.29, 0.717) is 12.0 Å². The summed E-state index contributed by atoms with van der Waals surface area (Å²) in [5, 5.41) is 0. The Kier molecular flexibility index (Phi) is 10.6. The number of anilines is 2. The summed E-state index contributed by atoms with van der Waals surface area (Å²) < 4.78 is 0. The van der Waals surface area contributed by atoms with E-state index in [1.165, 1.54) is 89.7 Å². The molecule has 3 aromatic carbocycles. The van der Waals surface area contributed by atoms with Gasteiger partial charge >= 0.3 is 0 Å². The highest BCUT2D eigenvalue weighted by Gasteiger charge is 2.54. The third-order valence-corrected chi connectivity index (χ3v) is 14.9. The maximum Gasteiger partial charge on any atom is 0.0556 e. The SMILES string of the molecule is CC1=CCC(N(C2=CC=C(C)CC2)c2ccc(C3(C)C4=C(CCC(C)=C4)c4ccc(C)cc4C3(C)c3ccc(N(C4=CCC(C)C=C4)C4=CC=C(C)CC4)cc3)cc2)C=C1. The van der Waals surface area contributed by atoms with Crippen LogP contribution in [0.4, 0.5) is 11.4 Å². The van der Waals surface area contributed by atoms with Crippen molar-refractivity contribution in [1.82, 2.24) is 0 Å². The van der Waals surface area contributed by atoms with Crippen molar-refractivity contribution in [3.05, 3.63) is 206 Å². The summed E-state index contributed by atoms with van der Waals surface area (Å²) in [4.78, 5) is 5.13. The molecule has 0 aromatic heterocycles. The number of hydrogen-bond donors (Lipinski definition) is 0. The quantitative estimate of drug-likeness (QED) is 0.224. The Hall–Kier alpha value is -5.34. The smallest absolute Gasteiger partial charge is 0.0556 e. The zero-order valence-electron chi connectivity index (χ0n) is 37.4. The molecule has 0 bridgehead atoms. The van der Waals surface area contributed by atoms with E-state index in [2.05, 4.69) is 199 Å². The topological polar surface area (TPSA) is 6.48 Å². The van der Waals surface area contributed by atoms with E-state index in [0.717, 1.165) is 51.4 Å². The number of benzene rings is 3. The maximum atomic E-state index is 2.61. The molecule has 60 heavy (non-hydrogen) atoms. The van der Waals surface area contributed by atoms with Crippen molar-refractivity contribution in [2.24, 2.45) is 5.92 Å². The number of hydrogen-bond acceptors (Lipinski definition) is 2. The summed E-state index contributed by atoms with van der Waals surface area (Å²) in [6, 6.07) is 27.1. The Labute approximate surface area is 361 Å². The lowest BCUT2D eigenvalue weighted by atomic mass is 9.48. The second kappa shape index (κ2) is 15.9. The molecule has 0 spiro atoms. The average Bonchev–Trinajstić information content (AvgIpc) is 3.26. The largest absolute Gasteiger partial charge is 0.338 e. The first-order valence-corrected chi connectivity index (χ1v) is 22.7. The molecule has 2 heteroatoms. The molecule has 0 heterocycles. The van der Waals surface area contributed by atoms with Gasteiger partial charge in [0.15, 0.2) is 0 Å². The number of fused-ring (bicyclic) bond motifs is 2. The van der Waals surface area contributed by atoms with E-state index in [-0.39, 0.29) is 10.8 Å². The van der Waals surface area contributed by atoms with Crippen LogP contribution in [0.25, 0.3) is 5.57 Å². The van der Waals surface area contributed by atoms with E-state index >= 15 is 0 Å². The highest BCUT2D eigenvalue weighted by molar-refractivity contribution is 5.84. The molecule has 6 aliphatic rings. The molecule has 3 aromatic rings. The molecule has 4 unspecified atom stereocenters. The van der Waals surface area contributed by atoms with E-state index < -0.39 is 0 Å². The lowest BCUT2D eigenvalue weighted by Crippen LogP contribution is -2.50. The maximum absolute atomic E-state index is 2.61. The van der Waals surface area contributed by atoms with Crippen LogP contribution in [0.5, 0.6) is 0 Å². The molecule has 0 amide bonds. The Morgan fingerprint density at radius 2 is 1.23 bits per heavy atom. The predicted octanol–water partition coefficient (Wildman–Crippen LogP) is 15.4. The fraction of sp³-hybridized carbons (Fsp3) is 0.345. The Bertz CT molecular complexity index is 2520. The average molecular weight is 789 g/mol. The first kappa shape index (κ1) is 40.1. The second-order valence-corrected chi connectivity index (χ2v) is 19.1. The number of aryl methyl sites for hydroxylation is 1. The standard InChI is InChI=1S/C58H64N2/c1-39-9-23-47(24-10-39)59(48-25-11-40(2)12-26-48)51-31-19-45(20-32-51)57(7)55-37-43(5)17-35-53(55)54-36-18-44(6)38-56(54)58(57,8)46-21-33-52(34-22-46)60(49-27-13-41(3)14-28-49)50-29-15-42(4)16-30-50/h9-11,13,15,18-23,25,27-29,31-34,36-38,41,47H,12,14,16-17,24,26,30,35H2,1-8H3. The van der Waals surface area contributed by atoms with Crippen molar-refractivity contribution >= 4 is 16.9 Å². The minimum absolute atomic E-state index is 0.298. The summed E-state index contributed by atoms with van der Waals surface area (Å²) in [6.45, 7) is 18.7. The minimum atomic E-state index is -0.363. The van der Waals surface area contributed by atoms with E-state index in [9.17, 15) is 0 Å². The van der Waals surface area contributed by atoms with Gasteiger partial charge in [-0.2, -0.15) is 0 Å². The van der Waals surface area contributed by atoms with Crippen LogP contribution in [0.2, 0.25) is 0 Å².